The van der Waals surface area contributed by atoms with Gasteiger partial charge in [-0.15, -0.1) is 0 Å². The van der Waals surface area contributed by atoms with Crippen LogP contribution in [0.3, 0.4) is 0 Å². The van der Waals surface area contributed by atoms with Crippen molar-refractivity contribution in [1.82, 2.24) is 4.90 Å². The van der Waals surface area contributed by atoms with E-state index in [0.29, 0.717) is 17.9 Å². The first-order valence-corrected chi connectivity index (χ1v) is 6.49. The molecule has 18 heavy (non-hydrogen) atoms. The third kappa shape index (κ3) is 2.89. The number of carbonyl (C=O) groups excluding carboxylic acids is 1. The molecular formula is C15H18N2O. The van der Waals surface area contributed by atoms with Gasteiger partial charge in [0.1, 0.15) is 0 Å². The monoisotopic (exact) mass is 242 g/mol. The Morgan fingerprint density at radius 1 is 1.44 bits per heavy atom. The van der Waals surface area contributed by atoms with Crippen molar-refractivity contribution in [2.75, 3.05) is 13.1 Å². The second-order valence-corrected chi connectivity index (χ2v) is 4.89. The zero-order valence-corrected chi connectivity index (χ0v) is 10.7. The first kappa shape index (κ1) is 12.6. The van der Waals surface area contributed by atoms with Crippen LogP contribution in [0.1, 0.15) is 30.9 Å². The van der Waals surface area contributed by atoms with Gasteiger partial charge in [0.15, 0.2) is 0 Å². The summed E-state index contributed by atoms with van der Waals surface area (Å²) in [6.45, 7) is 3.98. The summed E-state index contributed by atoms with van der Waals surface area (Å²) in [6.07, 6.45) is 2.73. The molecule has 1 unspecified atom stereocenters. The summed E-state index contributed by atoms with van der Waals surface area (Å²) >= 11 is 0. The fraction of sp³-hybridized carbons (Fsp3) is 0.467. The SMILES string of the molecule is CCC1CCN(C(=O)Cc2ccc(C#N)cc2)C1. The normalized spacial score (nSPS) is 18.7. The van der Waals surface area contributed by atoms with E-state index in [1.54, 1.807) is 12.1 Å². The first-order chi connectivity index (χ1) is 8.72. The van der Waals surface area contributed by atoms with E-state index in [0.717, 1.165) is 31.5 Å². The molecule has 0 bridgehead atoms. The van der Waals surface area contributed by atoms with E-state index in [-0.39, 0.29) is 5.91 Å². The molecule has 1 aliphatic heterocycles. The topological polar surface area (TPSA) is 44.1 Å². The number of likely N-dealkylation sites (tertiary alicyclic amines) is 1. The summed E-state index contributed by atoms with van der Waals surface area (Å²) in [5.41, 5.74) is 1.62. The van der Waals surface area contributed by atoms with Crippen LogP contribution in [0.5, 0.6) is 0 Å². The third-order valence-corrected chi connectivity index (χ3v) is 3.65. The molecule has 0 radical (unpaired) electrons. The number of nitriles is 1. The lowest BCUT2D eigenvalue weighted by Crippen LogP contribution is -2.30. The van der Waals surface area contributed by atoms with E-state index in [2.05, 4.69) is 13.0 Å². The maximum Gasteiger partial charge on any atom is 0.226 e. The molecule has 3 heteroatoms. The van der Waals surface area contributed by atoms with Crippen LogP contribution in [0.2, 0.25) is 0 Å². The van der Waals surface area contributed by atoms with Crippen LogP contribution in [0.15, 0.2) is 24.3 Å². The summed E-state index contributed by atoms with van der Waals surface area (Å²) in [7, 11) is 0. The predicted molar refractivity (Wildman–Crippen MR) is 69.8 cm³/mol. The van der Waals surface area contributed by atoms with Crippen LogP contribution in [0.25, 0.3) is 0 Å². The Morgan fingerprint density at radius 2 is 2.17 bits per heavy atom. The third-order valence-electron chi connectivity index (χ3n) is 3.65. The van der Waals surface area contributed by atoms with Crippen LogP contribution in [-0.4, -0.2) is 23.9 Å². The number of nitrogens with zero attached hydrogens (tertiary/aromatic N) is 2. The average Bonchev–Trinajstić information content (AvgIpc) is 2.88. The van der Waals surface area contributed by atoms with Gasteiger partial charge in [0.05, 0.1) is 18.1 Å². The molecule has 0 saturated carbocycles. The van der Waals surface area contributed by atoms with Crippen molar-refractivity contribution >= 4 is 5.91 Å². The zero-order chi connectivity index (χ0) is 13.0. The van der Waals surface area contributed by atoms with Crippen molar-refractivity contribution in [2.45, 2.75) is 26.2 Å². The lowest BCUT2D eigenvalue weighted by molar-refractivity contribution is -0.129. The Balaban J connectivity index is 1.93. The summed E-state index contributed by atoms with van der Waals surface area (Å²) in [5.74, 6) is 0.880. The maximum absolute atomic E-state index is 12.1. The number of hydrogen-bond donors (Lipinski definition) is 0. The van der Waals surface area contributed by atoms with E-state index in [9.17, 15) is 4.79 Å². The molecule has 1 aromatic carbocycles. The van der Waals surface area contributed by atoms with Crippen LogP contribution >= 0.6 is 0 Å². The highest BCUT2D eigenvalue weighted by Crippen LogP contribution is 2.19. The molecule has 1 saturated heterocycles. The van der Waals surface area contributed by atoms with Gasteiger partial charge in [-0.05, 0) is 30.0 Å². The molecule has 1 heterocycles. The molecule has 1 aromatic rings. The predicted octanol–water partition coefficient (Wildman–Crippen LogP) is 2.36. The van der Waals surface area contributed by atoms with E-state index < -0.39 is 0 Å². The highest BCUT2D eigenvalue weighted by atomic mass is 16.2. The second-order valence-electron chi connectivity index (χ2n) is 4.89. The Labute approximate surface area is 108 Å². The van der Waals surface area contributed by atoms with Gasteiger partial charge in [-0.25, -0.2) is 0 Å². The minimum atomic E-state index is 0.204. The van der Waals surface area contributed by atoms with Crippen molar-refractivity contribution in [3.63, 3.8) is 0 Å². The molecule has 1 aliphatic rings. The first-order valence-electron chi connectivity index (χ1n) is 6.49. The smallest absolute Gasteiger partial charge is 0.226 e. The molecule has 94 valence electrons. The quantitative estimate of drug-likeness (QED) is 0.816. The molecule has 0 aliphatic carbocycles. The summed E-state index contributed by atoms with van der Waals surface area (Å²) in [5, 5.41) is 8.71. The highest BCUT2D eigenvalue weighted by molar-refractivity contribution is 5.79. The molecule has 0 spiro atoms. The minimum absolute atomic E-state index is 0.204. The van der Waals surface area contributed by atoms with Gasteiger partial charge in [0, 0.05) is 13.1 Å². The van der Waals surface area contributed by atoms with Crippen LogP contribution < -0.4 is 0 Å². The van der Waals surface area contributed by atoms with Gasteiger partial charge >= 0.3 is 0 Å². The second kappa shape index (κ2) is 5.68. The molecule has 1 amide bonds. The van der Waals surface area contributed by atoms with Crippen LogP contribution in [0, 0.1) is 17.2 Å². The van der Waals surface area contributed by atoms with E-state index >= 15 is 0 Å². The fourth-order valence-electron chi connectivity index (χ4n) is 2.38. The zero-order valence-electron chi connectivity index (χ0n) is 10.7. The van der Waals surface area contributed by atoms with Crippen LogP contribution in [-0.2, 0) is 11.2 Å². The molecule has 2 rings (SSSR count). The van der Waals surface area contributed by atoms with Crippen molar-refractivity contribution in [3.8, 4) is 6.07 Å². The number of amides is 1. The van der Waals surface area contributed by atoms with Gasteiger partial charge in [0.2, 0.25) is 5.91 Å². The number of rotatable bonds is 3. The number of carbonyl (C=O) groups is 1. The molecule has 1 fully saturated rings. The Kier molecular flexibility index (Phi) is 3.99. The number of benzene rings is 1. The van der Waals surface area contributed by atoms with Gasteiger partial charge in [-0.2, -0.15) is 5.26 Å². The summed E-state index contributed by atoms with van der Waals surface area (Å²) < 4.78 is 0. The van der Waals surface area contributed by atoms with Gasteiger partial charge in [0.25, 0.3) is 0 Å². The van der Waals surface area contributed by atoms with Crippen molar-refractivity contribution < 1.29 is 4.79 Å². The summed E-state index contributed by atoms with van der Waals surface area (Å²) in [4.78, 5) is 14.1. The molecule has 1 atom stereocenters. The summed E-state index contributed by atoms with van der Waals surface area (Å²) in [6, 6.07) is 9.34. The molecule has 3 nitrogen and oxygen atoms in total. The average molecular weight is 242 g/mol. The van der Waals surface area contributed by atoms with Crippen molar-refractivity contribution in [3.05, 3.63) is 35.4 Å². The van der Waals surface area contributed by atoms with Gasteiger partial charge in [-0.3, -0.25) is 4.79 Å². The lowest BCUT2D eigenvalue weighted by Gasteiger charge is -2.16. The lowest BCUT2D eigenvalue weighted by atomic mass is 10.1. The van der Waals surface area contributed by atoms with E-state index in [1.165, 1.54) is 0 Å². The van der Waals surface area contributed by atoms with E-state index in [1.807, 2.05) is 17.0 Å². The van der Waals surface area contributed by atoms with Gasteiger partial charge in [-0.1, -0.05) is 25.5 Å². The Bertz CT molecular complexity index is 458. The van der Waals surface area contributed by atoms with Crippen molar-refractivity contribution in [1.29, 1.82) is 5.26 Å². The Morgan fingerprint density at radius 3 is 2.72 bits per heavy atom. The van der Waals surface area contributed by atoms with E-state index in [4.69, 9.17) is 5.26 Å². The standard InChI is InChI=1S/C15H18N2O/c1-2-12-7-8-17(11-12)15(18)9-13-3-5-14(10-16)6-4-13/h3-6,12H,2,7-9,11H2,1H3. The molecular weight excluding hydrogens is 224 g/mol. The fourth-order valence-corrected chi connectivity index (χ4v) is 2.38. The molecule has 0 aromatic heterocycles. The highest BCUT2D eigenvalue weighted by Gasteiger charge is 2.24. The van der Waals surface area contributed by atoms with Crippen LogP contribution in [0.4, 0.5) is 0 Å². The minimum Gasteiger partial charge on any atom is -0.342 e. The Hall–Kier alpha value is -1.82. The molecule has 0 N–H and O–H groups in total. The van der Waals surface area contributed by atoms with Gasteiger partial charge < -0.3 is 4.90 Å². The maximum atomic E-state index is 12.1. The van der Waals surface area contributed by atoms with Crippen molar-refractivity contribution in [2.24, 2.45) is 5.92 Å². The largest absolute Gasteiger partial charge is 0.342 e. The number of hydrogen-bond acceptors (Lipinski definition) is 2.